The highest BCUT2D eigenvalue weighted by Gasteiger charge is 2.41. The molecule has 16 heavy (non-hydrogen) atoms. The third kappa shape index (κ3) is 2.73. The molecule has 3 heteroatoms. The highest BCUT2D eigenvalue weighted by atomic mass is 16.5. The Morgan fingerprint density at radius 3 is 2.75 bits per heavy atom. The van der Waals surface area contributed by atoms with Crippen molar-refractivity contribution in [1.82, 2.24) is 10.3 Å². The van der Waals surface area contributed by atoms with Crippen LogP contribution in [-0.2, 0) is 6.42 Å². The maximum absolute atomic E-state index is 5.59. The molecule has 0 spiro atoms. The highest BCUT2D eigenvalue weighted by Crippen LogP contribution is 2.37. The van der Waals surface area contributed by atoms with Crippen molar-refractivity contribution in [3.63, 3.8) is 0 Å². The predicted octanol–water partition coefficient (Wildman–Crippen LogP) is 2.16. The van der Waals surface area contributed by atoms with Crippen molar-refractivity contribution in [2.24, 2.45) is 0 Å². The predicted molar refractivity (Wildman–Crippen MR) is 64.7 cm³/mol. The number of nitrogens with zero attached hydrogens (tertiary/aromatic N) is 1. The van der Waals surface area contributed by atoms with Crippen molar-refractivity contribution < 1.29 is 4.74 Å². The molecule has 0 radical (unpaired) electrons. The van der Waals surface area contributed by atoms with E-state index in [1.807, 2.05) is 33.0 Å². The summed E-state index contributed by atoms with van der Waals surface area (Å²) in [6.07, 6.45) is 3.68. The van der Waals surface area contributed by atoms with Gasteiger partial charge in [-0.3, -0.25) is 0 Å². The number of hydrogen-bond acceptors (Lipinski definition) is 3. The summed E-state index contributed by atoms with van der Waals surface area (Å²) in [5.41, 5.74) is 1.42. The summed E-state index contributed by atoms with van der Waals surface area (Å²) >= 11 is 0. The fraction of sp³-hybridized carbons (Fsp3) is 0.615. The van der Waals surface area contributed by atoms with Gasteiger partial charge in [0, 0.05) is 23.7 Å². The summed E-state index contributed by atoms with van der Waals surface area (Å²) < 4.78 is 5.59. The molecular weight excluding hydrogens is 200 g/mol. The molecule has 1 aliphatic rings. The first-order chi connectivity index (χ1) is 7.63. The Bertz CT molecular complexity index is 359. The van der Waals surface area contributed by atoms with Crippen molar-refractivity contribution in [2.75, 3.05) is 7.05 Å². The van der Waals surface area contributed by atoms with Crippen LogP contribution in [0.4, 0.5) is 0 Å². The fourth-order valence-electron chi connectivity index (χ4n) is 1.88. The Balaban J connectivity index is 2.04. The van der Waals surface area contributed by atoms with Crippen molar-refractivity contribution in [2.45, 2.75) is 44.8 Å². The average Bonchev–Trinajstić information content (AvgIpc) is 2.98. The van der Waals surface area contributed by atoms with Gasteiger partial charge in [0.15, 0.2) is 0 Å². The normalized spacial score (nSPS) is 17.5. The fourth-order valence-corrected chi connectivity index (χ4v) is 1.88. The van der Waals surface area contributed by atoms with Crippen LogP contribution in [0.15, 0.2) is 18.2 Å². The number of likely N-dealkylation sites (N-methyl/N-ethyl adjacent to an activating group) is 1. The second kappa shape index (κ2) is 4.42. The molecule has 1 aliphatic carbocycles. The molecule has 0 aliphatic heterocycles. The van der Waals surface area contributed by atoms with Gasteiger partial charge < -0.3 is 10.1 Å². The Kier molecular flexibility index (Phi) is 3.15. The van der Waals surface area contributed by atoms with Crippen molar-refractivity contribution in [3.05, 3.63) is 23.9 Å². The molecule has 0 aromatic carbocycles. The third-order valence-corrected chi connectivity index (χ3v) is 3.04. The van der Waals surface area contributed by atoms with E-state index in [0.29, 0.717) is 5.54 Å². The molecule has 88 valence electrons. The van der Waals surface area contributed by atoms with Crippen molar-refractivity contribution in [3.8, 4) is 5.88 Å². The van der Waals surface area contributed by atoms with E-state index in [-0.39, 0.29) is 6.10 Å². The lowest BCUT2D eigenvalue weighted by Gasteiger charge is -2.14. The topological polar surface area (TPSA) is 34.1 Å². The van der Waals surface area contributed by atoms with E-state index in [4.69, 9.17) is 4.74 Å². The second-order valence-corrected chi connectivity index (χ2v) is 4.84. The lowest BCUT2D eigenvalue weighted by atomic mass is 10.1. The van der Waals surface area contributed by atoms with Gasteiger partial charge in [0.2, 0.25) is 5.88 Å². The van der Waals surface area contributed by atoms with Gasteiger partial charge in [-0.25, -0.2) is 4.98 Å². The molecule has 0 atom stereocenters. The summed E-state index contributed by atoms with van der Waals surface area (Å²) in [5, 5.41) is 3.38. The van der Waals surface area contributed by atoms with E-state index >= 15 is 0 Å². The first-order valence-electron chi connectivity index (χ1n) is 5.95. The Morgan fingerprint density at radius 2 is 2.19 bits per heavy atom. The molecule has 2 rings (SSSR count). The van der Waals surface area contributed by atoms with Gasteiger partial charge in [-0.05, 0) is 39.8 Å². The lowest BCUT2D eigenvalue weighted by molar-refractivity contribution is 0.232. The van der Waals surface area contributed by atoms with Gasteiger partial charge in [-0.1, -0.05) is 6.07 Å². The zero-order valence-corrected chi connectivity index (χ0v) is 10.3. The minimum Gasteiger partial charge on any atom is -0.475 e. The number of nitrogens with one attached hydrogen (secondary N) is 1. The third-order valence-electron chi connectivity index (χ3n) is 3.04. The van der Waals surface area contributed by atoms with Gasteiger partial charge in [-0.2, -0.15) is 0 Å². The first kappa shape index (κ1) is 11.4. The molecule has 1 N–H and O–H groups in total. The maximum Gasteiger partial charge on any atom is 0.213 e. The Hall–Kier alpha value is -1.09. The van der Waals surface area contributed by atoms with Crippen LogP contribution in [0, 0.1) is 0 Å². The molecule has 1 heterocycles. The molecular formula is C13H20N2O. The SMILES string of the molecule is CNC1(Cc2cccc(OC(C)C)n2)CC1. The van der Waals surface area contributed by atoms with E-state index < -0.39 is 0 Å². The van der Waals surface area contributed by atoms with E-state index in [0.717, 1.165) is 18.0 Å². The molecule has 3 nitrogen and oxygen atoms in total. The van der Waals surface area contributed by atoms with Crippen molar-refractivity contribution in [1.29, 1.82) is 0 Å². The zero-order valence-electron chi connectivity index (χ0n) is 10.3. The van der Waals surface area contributed by atoms with Crippen LogP contribution in [0.2, 0.25) is 0 Å². The summed E-state index contributed by atoms with van der Waals surface area (Å²) in [6, 6.07) is 6.01. The van der Waals surface area contributed by atoms with Gasteiger partial charge in [-0.15, -0.1) is 0 Å². The smallest absolute Gasteiger partial charge is 0.213 e. The average molecular weight is 220 g/mol. The summed E-state index contributed by atoms with van der Waals surface area (Å²) in [4.78, 5) is 4.52. The molecule has 1 saturated carbocycles. The van der Waals surface area contributed by atoms with E-state index in [9.17, 15) is 0 Å². The second-order valence-electron chi connectivity index (χ2n) is 4.84. The van der Waals surface area contributed by atoms with Crippen LogP contribution in [0.3, 0.4) is 0 Å². The molecule has 1 aromatic heterocycles. The van der Waals surface area contributed by atoms with E-state index in [1.165, 1.54) is 12.8 Å². The van der Waals surface area contributed by atoms with Gasteiger partial charge in [0.05, 0.1) is 6.10 Å². The molecule has 0 bridgehead atoms. The summed E-state index contributed by atoms with van der Waals surface area (Å²) in [5.74, 6) is 0.736. The number of hydrogen-bond donors (Lipinski definition) is 1. The molecule has 0 unspecified atom stereocenters. The molecule has 0 saturated heterocycles. The maximum atomic E-state index is 5.59. The molecule has 1 fully saturated rings. The number of aromatic nitrogens is 1. The number of ether oxygens (including phenoxy) is 1. The van der Waals surface area contributed by atoms with Crippen LogP contribution in [0.1, 0.15) is 32.4 Å². The minimum atomic E-state index is 0.182. The zero-order chi connectivity index (χ0) is 11.6. The van der Waals surface area contributed by atoms with E-state index in [1.54, 1.807) is 0 Å². The highest BCUT2D eigenvalue weighted by molar-refractivity contribution is 5.20. The lowest BCUT2D eigenvalue weighted by Crippen LogP contribution is -2.29. The largest absolute Gasteiger partial charge is 0.475 e. The van der Waals surface area contributed by atoms with Crippen LogP contribution >= 0.6 is 0 Å². The first-order valence-corrected chi connectivity index (χ1v) is 5.95. The van der Waals surface area contributed by atoms with Crippen molar-refractivity contribution >= 4 is 0 Å². The van der Waals surface area contributed by atoms with E-state index in [2.05, 4.69) is 16.4 Å². The Morgan fingerprint density at radius 1 is 1.44 bits per heavy atom. The Labute approximate surface area is 97.2 Å². The number of pyridine rings is 1. The standard InChI is InChI=1S/C13H20N2O/c1-10(2)16-12-6-4-5-11(15-12)9-13(14-3)7-8-13/h4-6,10,14H,7-9H2,1-3H3. The van der Waals surface area contributed by atoms with Gasteiger partial charge in [0.25, 0.3) is 0 Å². The van der Waals surface area contributed by atoms with Gasteiger partial charge in [0.1, 0.15) is 0 Å². The van der Waals surface area contributed by atoms with Crippen LogP contribution in [0.25, 0.3) is 0 Å². The van der Waals surface area contributed by atoms with Gasteiger partial charge >= 0.3 is 0 Å². The number of rotatable bonds is 5. The van der Waals surface area contributed by atoms with Crippen LogP contribution in [-0.4, -0.2) is 23.7 Å². The van der Waals surface area contributed by atoms with Crippen LogP contribution in [0.5, 0.6) is 5.88 Å². The molecule has 0 amide bonds. The molecule has 1 aromatic rings. The summed E-state index contributed by atoms with van der Waals surface area (Å²) in [6.45, 7) is 4.04. The van der Waals surface area contributed by atoms with Crippen LogP contribution < -0.4 is 10.1 Å². The quantitative estimate of drug-likeness (QED) is 0.825. The monoisotopic (exact) mass is 220 g/mol. The summed E-state index contributed by atoms with van der Waals surface area (Å²) in [7, 11) is 2.03. The minimum absolute atomic E-state index is 0.182.